The van der Waals surface area contributed by atoms with Crippen LogP contribution in [0.2, 0.25) is 0 Å². The van der Waals surface area contributed by atoms with Crippen molar-refractivity contribution in [3.05, 3.63) is 17.8 Å². The van der Waals surface area contributed by atoms with Gasteiger partial charge in [0.1, 0.15) is 6.26 Å². The van der Waals surface area contributed by atoms with Crippen LogP contribution >= 0.6 is 0 Å². The monoisotopic (exact) mass is 194 g/mol. The third kappa shape index (κ3) is 2.15. The van der Waals surface area contributed by atoms with E-state index < -0.39 is 0 Å². The van der Waals surface area contributed by atoms with Crippen molar-refractivity contribution in [3.8, 4) is 0 Å². The van der Waals surface area contributed by atoms with Crippen LogP contribution in [0.15, 0.2) is 10.7 Å². The van der Waals surface area contributed by atoms with E-state index in [0.29, 0.717) is 12.5 Å². The summed E-state index contributed by atoms with van der Waals surface area (Å²) < 4.78 is 5.49. The van der Waals surface area contributed by atoms with Gasteiger partial charge in [0.25, 0.3) is 0 Å². The predicted octanol–water partition coefficient (Wildman–Crippen LogP) is 2.22. The van der Waals surface area contributed by atoms with Crippen molar-refractivity contribution >= 4 is 0 Å². The molecule has 3 nitrogen and oxygen atoms in total. The van der Waals surface area contributed by atoms with Gasteiger partial charge in [0.05, 0.1) is 5.69 Å². The van der Waals surface area contributed by atoms with Crippen molar-refractivity contribution in [2.75, 3.05) is 6.54 Å². The van der Waals surface area contributed by atoms with E-state index in [4.69, 9.17) is 10.2 Å². The molecule has 0 saturated heterocycles. The maximum atomic E-state index is 5.49. The van der Waals surface area contributed by atoms with E-state index >= 15 is 0 Å². The minimum atomic E-state index is 0.565. The lowest BCUT2D eigenvalue weighted by Crippen LogP contribution is -2.06. The molecular weight excluding hydrogens is 176 g/mol. The Bertz CT molecular complexity index is 277. The Balaban J connectivity index is 2.00. The maximum Gasteiger partial charge on any atom is 0.197 e. The Labute approximate surface area is 84.7 Å². The first kappa shape index (κ1) is 9.71. The molecule has 0 aromatic carbocycles. The number of hydrogen-bond donors (Lipinski definition) is 1. The summed E-state index contributed by atoms with van der Waals surface area (Å²) in [5.41, 5.74) is 6.47. The summed E-state index contributed by atoms with van der Waals surface area (Å²) >= 11 is 0. The van der Waals surface area contributed by atoms with Gasteiger partial charge in [-0.05, 0) is 19.4 Å². The Hall–Kier alpha value is -0.830. The van der Waals surface area contributed by atoms with Gasteiger partial charge >= 0.3 is 0 Å². The minimum absolute atomic E-state index is 0.565. The topological polar surface area (TPSA) is 52.0 Å². The number of oxazole rings is 1. The van der Waals surface area contributed by atoms with Gasteiger partial charge in [-0.25, -0.2) is 4.98 Å². The molecule has 0 atom stereocenters. The summed E-state index contributed by atoms with van der Waals surface area (Å²) in [6.45, 7) is 0.649. The lowest BCUT2D eigenvalue weighted by molar-refractivity contribution is 0.363. The summed E-state index contributed by atoms with van der Waals surface area (Å²) in [7, 11) is 0. The molecule has 3 heteroatoms. The van der Waals surface area contributed by atoms with E-state index in [-0.39, 0.29) is 0 Å². The number of aromatic nitrogens is 1. The predicted molar refractivity (Wildman–Crippen MR) is 55.1 cm³/mol. The van der Waals surface area contributed by atoms with E-state index in [0.717, 1.165) is 18.0 Å². The summed E-state index contributed by atoms with van der Waals surface area (Å²) in [5.74, 6) is 1.50. The highest BCUT2D eigenvalue weighted by molar-refractivity contribution is 5.02. The second-order valence-corrected chi connectivity index (χ2v) is 4.05. The van der Waals surface area contributed by atoms with Crippen molar-refractivity contribution in [2.45, 2.75) is 44.4 Å². The number of nitrogens with two attached hydrogens (primary N) is 1. The summed E-state index contributed by atoms with van der Waals surface area (Å²) in [5, 5.41) is 0. The average Bonchev–Trinajstić information content (AvgIpc) is 2.68. The van der Waals surface area contributed by atoms with Crippen LogP contribution in [0.25, 0.3) is 0 Å². The van der Waals surface area contributed by atoms with Crippen molar-refractivity contribution in [1.82, 2.24) is 4.98 Å². The molecule has 14 heavy (non-hydrogen) atoms. The SMILES string of the molecule is NCCc1coc(C2CCCCC2)n1. The third-order valence-corrected chi connectivity index (χ3v) is 2.92. The molecule has 1 heterocycles. The van der Waals surface area contributed by atoms with Gasteiger partial charge in [-0.1, -0.05) is 19.3 Å². The van der Waals surface area contributed by atoms with Crippen LogP contribution in [0, 0.1) is 0 Å². The molecule has 0 unspecified atom stereocenters. The van der Waals surface area contributed by atoms with Gasteiger partial charge in [-0.3, -0.25) is 0 Å². The lowest BCUT2D eigenvalue weighted by atomic mass is 9.89. The van der Waals surface area contributed by atoms with Crippen molar-refractivity contribution in [2.24, 2.45) is 5.73 Å². The van der Waals surface area contributed by atoms with Crippen molar-refractivity contribution in [1.29, 1.82) is 0 Å². The van der Waals surface area contributed by atoms with Crippen LogP contribution in [0.5, 0.6) is 0 Å². The molecule has 1 aromatic rings. The van der Waals surface area contributed by atoms with Crippen molar-refractivity contribution < 1.29 is 4.42 Å². The van der Waals surface area contributed by atoms with Crippen LogP contribution < -0.4 is 5.73 Å². The first-order valence-electron chi connectivity index (χ1n) is 5.54. The zero-order chi connectivity index (χ0) is 9.80. The fraction of sp³-hybridized carbons (Fsp3) is 0.727. The van der Waals surface area contributed by atoms with Crippen LogP contribution in [0.1, 0.15) is 49.6 Å². The molecule has 1 fully saturated rings. The fourth-order valence-corrected chi connectivity index (χ4v) is 2.12. The largest absolute Gasteiger partial charge is 0.448 e. The van der Waals surface area contributed by atoms with Gasteiger partial charge < -0.3 is 10.2 Å². The molecule has 0 radical (unpaired) electrons. The maximum absolute atomic E-state index is 5.49. The van der Waals surface area contributed by atoms with Crippen LogP contribution in [0.3, 0.4) is 0 Å². The molecule has 2 rings (SSSR count). The third-order valence-electron chi connectivity index (χ3n) is 2.92. The molecule has 2 N–H and O–H groups in total. The molecule has 1 aromatic heterocycles. The first-order chi connectivity index (χ1) is 6.90. The van der Waals surface area contributed by atoms with E-state index in [1.165, 1.54) is 32.1 Å². The molecular formula is C11H18N2O. The molecule has 0 spiro atoms. The van der Waals surface area contributed by atoms with Gasteiger partial charge in [0.2, 0.25) is 0 Å². The lowest BCUT2D eigenvalue weighted by Gasteiger charge is -2.17. The van der Waals surface area contributed by atoms with Crippen LogP contribution in [-0.2, 0) is 6.42 Å². The van der Waals surface area contributed by atoms with Gasteiger partial charge in [-0.15, -0.1) is 0 Å². The Morgan fingerprint density at radius 2 is 2.14 bits per heavy atom. The second-order valence-electron chi connectivity index (χ2n) is 4.05. The van der Waals surface area contributed by atoms with E-state index in [9.17, 15) is 0 Å². The Morgan fingerprint density at radius 3 is 2.86 bits per heavy atom. The van der Waals surface area contributed by atoms with E-state index in [2.05, 4.69) is 4.98 Å². The summed E-state index contributed by atoms with van der Waals surface area (Å²) in [4.78, 5) is 4.48. The fourth-order valence-electron chi connectivity index (χ4n) is 2.12. The van der Waals surface area contributed by atoms with E-state index in [1.54, 1.807) is 6.26 Å². The number of nitrogens with zero attached hydrogens (tertiary/aromatic N) is 1. The smallest absolute Gasteiger partial charge is 0.197 e. The molecule has 0 bridgehead atoms. The highest BCUT2D eigenvalue weighted by Gasteiger charge is 2.19. The minimum Gasteiger partial charge on any atom is -0.448 e. The quantitative estimate of drug-likeness (QED) is 0.802. The van der Waals surface area contributed by atoms with Gasteiger partial charge in [-0.2, -0.15) is 0 Å². The number of hydrogen-bond acceptors (Lipinski definition) is 3. The second kappa shape index (κ2) is 4.60. The highest BCUT2D eigenvalue weighted by Crippen LogP contribution is 2.31. The Morgan fingerprint density at radius 1 is 1.36 bits per heavy atom. The molecule has 1 saturated carbocycles. The van der Waals surface area contributed by atoms with Gasteiger partial charge in [0, 0.05) is 12.3 Å². The summed E-state index contributed by atoms with van der Waals surface area (Å²) in [6, 6.07) is 0. The first-order valence-corrected chi connectivity index (χ1v) is 5.54. The normalized spacial score (nSPS) is 18.6. The van der Waals surface area contributed by atoms with Crippen molar-refractivity contribution in [3.63, 3.8) is 0 Å². The van der Waals surface area contributed by atoms with Crippen LogP contribution in [-0.4, -0.2) is 11.5 Å². The molecule has 78 valence electrons. The van der Waals surface area contributed by atoms with E-state index in [1.807, 2.05) is 0 Å². The average molecular weight is 194 g/mol. The summed E-state index contributed by atoms with van der Waals surface area (Å²) in [6.07, 6.45) is 9.07. The zero-order valence-electron chi connectivity index (χ0n) is 8.54. The molecule has 0 amide bonds. The molecule has 1 aliphatic rings. The zero-order valence-corrected chi connectivity index (χ0v) is 8.54. The van der Waals surface area contributed by atoms with Crippen LogP contribution in [0.4, 0.5) is 0 Å². The number of rotatable bonds is 3. The standard InChI is InChI=1S/C11H18N2O/c12-7-6-10-8-14-11(13-10)9-4-2-1-3-5-9/h8-9H,1-7,12H2. The Kier molecular flexibility index (Phi) is 3.19. The van der Waals surface area contributed by atoms with Gasteiger partial charge in [0.15, 0.2) is 5.89 Å². The highest BCUT2D eigenvalue weighted by atomic mass is 16.3. The molecule has 0 aliphatic heterocycles. The molecule has 1 aliphatic carbocycles.